The molecule has 62 valence electrons. The van der Waals surface area contributed by atoms with Gasteiger partial charge in [0.05, 0.1) is 12.7 Å². The van der Waals surface area contributed by atoms with E-state index in [0.717, 1.165) is 18.4 Å². The standard InChI is InChI=1S/C7H13BO3/c1-6-4-7(2-3-11-6)5-8(9)10/h5-6,9-10H,2-4H2,1H3/b7-5-. The average molecular weight is 156 g/mol. The molecule has 1 aliphatic rings. The molecule has 0 spiro atoms. The normalized spacial score (nSPS) is 29.0. The van der Waals surface area contributed by atoms with E-state index in [2.05, 4.69) is 0 Å². The first-order chi connectivity index (χ1) is 5.18. The molecule has 1 heterocycles. The van der Waals surface area contributed by atoms with Crippen LogP contribution in [0, 0.1) is 0 Å². The van der Waals surface area contributed by atoms with Crippen molar-refractivity contribution < 1.29 is 14.8 Å². The van der Waals surface area contributed by atoms with Gasteiger partial charge in [-0.05, 0) is 19.8 Å². The van der Waals surface area contributed by atoms with Crippen molar-refractivity contribution in [2.45, 2.75) is 25.9 Å². The second kappa shape index (κ2) is 3.90. The first-order valence-electron chi connectivity index (χ1n) is 3.86. The molecule has 0 aromatic heterocycles. The molecule has 2 N–H and O–H groups in total. The van der Waals surface area contributed by atoms with Gasteiger partial charge in [-0.2, -0.15) is 0 Å². The Morgan fingerprint density at radius 3 is 2.91 bits per heavy atom. The van der Waals surface area contributed by atoms with Crippen LogP contribution in [0.5, 0.6) is 0 Å². The van der Waals surface area contributed by atoms with Crippen LogP contribution in [-0.2, 0) is 4.74 Å². The van der Waals surface area contributed by atoms with E-state index < -0.39 is 7.12 Å². The van der Waals surface area contributed by atoms with Crippen LogP contribution >= 0.6 is 0 Å². The Bertz CT molecular complexity index is 156. The summed E-state index contributed by atoms with van der Waals surface area (Å²) in [6.07, 6.45) is 1.85. The summed E-state index contributed by atoms with van der Waals surface area (Å²) >= 11 is 0. The monoisotopic (exact) mass is 156 g/mol. The third kappa shape index (κ3) is 3.05. The van der Waals surface area contributed by atoms with Crippen LogP contribution in [0.25, 0.3) is 0 Å². The highest BCUT2D eigenvalue weighted by atomic mass is 16.5. The van der Waals surface area contributed by atoms with Gasteiger partial charge in [-0.3, -0.25) is 0 Å². The van der Waals surface area contributed by atoms with Crippen molar-refractivity contribution in [2.75, 3.05) is 6.61 Å². The van der Waals surface area contributed by atoms with Crippen molar-refractivity contribution in [1.82, 2.24) is 0 Å². The van der Waals surface area contributed by atoms with Gasteiger partial charge >= 0.3 is 7.12 Å². The summed E-state index contributed by atoms with van der Waals surface area (Å²) in [6.45, 7) is 2.68. The number of hydrogen-bond donors (Lipinski definition) is 2. The van der Waals surface area contributed by atoms with Gasteiger partial charge in [0.2, 0.25) is 0 Å². The lowest BCUT2D eigenvalue weighted by Crippen LogP contribution is -2.19. The highest BCUT2D eigenvalue weighted by molar-refractivity contribution is 6.47. The molecule has 1 atom stereocenters. The fourth-order valence-electron chi connectivity index (χ4n) is 1.28. The third-order valence-corrected chi connectivity index (χ3v) is 1.76. The second-order valence-corrected chi connectivity index (χ2v) is 2.87. The van der Waals surface area contributed by atoms with Crippen LogP contribution < -0.4 is 0 Å². The fraction of sp³-hybridized carbons (Fsp3) is 0.714. The molecule has 1 saturated heterocycles. The average Bonchev–Trinajstić information content (AvgIpc) is 1.85. The highest BCUT2D eigenvalue weighted by Crippen LogP contribution is 2.18. The van der Waals surface area contributed by atoms with Gasteiger partial charge in [-0.15, -0.1) is 0 Å². The molecule has 0 aromatic carbocycles. The molecule has 0 bridgehead atoms. The van der Waals surface area contributed by atoms with Crippen molar-refractivity contribution in [3.05, 3.63) is 11.5 Å². The Hall–Kier alpha value is -0.315. The Labute approximate surface area is 66.8 Å². The molecular formula is C7H13BO3. The maximum Gasteiger partial charge on any atom is 0.480 e. The lowest BCUT2D eigenvalue weighted by Gasteiger charge is -2.21. The maximum absolute atomic E-state index is 8.63. The minimum Gasteiger partial charge on any atom is -0.424 e. The molecule has 1 rings (SSSR count). The first-order valence-corrected chi connectivity index (χ1v) is 3.86. The molecule has 0 amide bonds. The van der Waals surface area contributed by atoms with Crippen LogP contribution in [0.15, 0.2) is 11.5 Å². The number of rotatable bonds is 1. The minimum atomic E-state index is -1.31. The van der Waals surface area contributed by atoms with Crippen LogP contribution in [0.3, 0.4) is 0 Å². The Morgan fingerprint density at radius 1 is 1.64 bits per heavy atom. The van der Waals surface area contributed by atoms with Crippen molar-refractivity contribution >= 4 is 7.12 Å². The molecule has 0 saturated carbocycles. The molecule has 3 nitrogen and oxygen atoms in total. The number of ether oxygens (including phenoxy) is 1. The molecule has 0 aromatic rings. The van der Waals surface area contributed by atoms with E-state index in [1.807, 2.05) is 6.92 Å². The highest BCUT2D eigenvalue weighted by Gasteiger charge is 2.14. The van der Waals surface area contributed by atoms with Crippen LogP contribution in [0.4, 0.5) is 0 Å². The van der Waals surface area contributed by atoms with Crippen molar-refractivity contribution in [3.63, 3.8) is 0 Å². The van der Waals surface area contributed by atoms with Gasteiger partial charge in [0, 0.05) is 0 Å². The zero-order valence-corrected chi connectivity index (χ0v) is 6.66. The van der Waals surface area contributed by atoms with E-state index in [1.54, 1.807) is 0 Å². The summed E-state index contributed by atoms with van der Waals surface area (Å²) < 4.78 is 5.29. The van der Waals surface area contributed by atoms with E-state index in [9.17, 15) is 0 Å². The van der Waals surface area contributed by atoms with E-state index in [1.165, 1.54) is 5.98 Å². The topological polar surface area (TPSA) is 49.7 Å². The lowest BCUT2D eigenvalue weighted by atomic mass is 9.85. The van der Waals surface area contributed by atoms with Gasteiger partial charge in [0.1, 0.15) is 0 Å². The van der Waals surface area contributed by atoms with E-state index in [4.69, 9.17) is 14.8 Å². The predicted octanol–water partition coefficient (Wildman–Crippen LogP) is 0.124. The zero-order chi connectivity index (χ0) is 8.27. The number of hydrogen-bond acceptors (Lipinski definition) is 3. The molecule has 1 aliphatic heterocycles. The van der Waals surface area contributed by atoms with E-state index >= 15 is 0 Å². The first kappa shape index (κ1) is 8.78. The molecule has 11 heavy (non-hydrogen) atoms. The Kier molecular flexibility index (Phi) is 3.11. The molecular weight excluding hydrogens is 143 g/mol. The summed E-state index contributed by atoms with van der Waals surface area (Å²) in [6, 6.07) is 0. The molecule has 1 fully saturated rings. The summed E-state index contributed by atoms with van der Waals surface area (Å²) in [7, 11) is -1.31. The van der Waals surface area contributed by atoms with Crippen molar-refractivity contribution in [3.8, 4) is 0 Å². The maximum atomic E-state index is 8.63. The summed E-state index contributed by atoms with van der Waals surface area (Å²) in [5.74, 6) is 1.49. The van der Waals surface area contributed by atoms with E-state index in [0.29, 0.717) is 6.61 Å². The zero-order valence-electron chi connectivity index (χ0n) is 6.66. The van der Waals surface area contributed by atoms with Crippen molar-refractivity contribution in [2.24, 2.45) is 0 Å². The van der Waals surface area contributed by atoms with Gasteiger partial charge in [0.15, 0.2) is 0 Å². The van der Waals surface area contributed by atoms with Gasteiger partial charge < -0.3 is 14.8 Å². The van der Waals surface area contributed by atoms with Gasteiger partial charge in [-0.25, -0.2) is 0 Å². The molecule has 1 unspecified atom stereocenters. The second-order valence-electron chi connectivity index (χ2n) is 2.87. The predicted molar refractivity (Wildman–Crippen MR) is 42.9 cm³/mol. The molecule has 0 aliphatic carbocycles. The summed E-state index contributed by atoms with van der Waals surface area (Å²) in [4.78, 5) is 0. The van der Waals surface area contributed by atoms with Crippen LogP contribution in [0.2, 0.25) is 0 Å². The minimum absolute atomic E-state index is 0.216. The van der Waals surface area contributed by atoms with Gasteiger partial charge in [0.25, 0.3) is 0 Å². The third-order valence-electron chi connectivity index (χ3n) is 1.76. The van der Waals surface area contributed by atoms with Crippen molar-refractivity contribution in [1.29, 1.82) is 0 Å². The van der Waals surface area contributed by atoms with E-state index in [-0.39, 0.29) is 6.10 Å². The fourth-order valence-corrected chi connectivity index (χ4v) is 1.28. The largest absolute Gasteiger partial charge is 0.480 e. The van der Waals surface area contributed by atoms with Crippen LogP contribution in [-0.4, -0.2) is 29.9 Å². The summed E-state index contributed by atoms with van der Waals surface area (Å²) in [5, 5.41) is 17.3. The quantitative estimate of drug-likeness (QED) is 0.530. The summed E-state index contributed by atoms with van der Waals surface area (Å²) in [5.41, 5.74) is 1.08. The lowest BCUT2D eigenvalue weighted by molar-refractivity contribution is 0.0487. The Balaban J connectivity index is 2.45. The SMILES string of the molecule is CC1C/C(=C\B(O)O)CCO1. The Morgan fingerprint density at radius 2 is 2.36 bits per heavy atom. The smallest absolute Gasteiger partial charge is 0.424 e. The van der Waals surface area contributed by atoms with Crippen LogP contribution in [0.1, 0.15) is 19.8 Å². The molecule has 4 heteroatoms. The van der Waals surface area contributed by atoms with Gasteiger partial charge in [-0.1, -0.05) is 11.5 Å². The molecule has 0 radical (unpaired) electrons.